The maximum absolute atomic E-state index is 11.5. The summed E-state index contributed by atoms with van der Waals surface area (Å²) >= 11 is 0. The van der Waals surface area contributed by atoms with Crippen LogP contribution in [0.2, 0.25) is 0 Å². The van der Waals surface area contributed by atoms with Gasteiger partial charge in [0, 0.05) is 0 Å². The van der Waals surface area contributed by atoms with Gasteiger partial charge in [-0.25, -0.2) is 4.79 Å². The van der Waals surface area contributed by atoms with Crippen molar-refractivity contribution in [2.45, 2.75) is 58.0 Å². The van der Waals surface area contributed by atoms with Gasteiger partial charge in [0.05, 0.1) is 36.5 Å². The maximum atomic E-state index is 11.5. The van der Waals surface area contributed by atoms with E-state index < -0.39 is 13.2 Å². The summed E-state index contributed by atoms with van der Waals surface area (Å²) in [7, 11) is -0.419. The zero-order valence-electron chi connectivity index (χ0n) is 15.5. The normalized spacial score (nSPS) is 28.2. The van der Waals surface area contributed by atoms with Gasteiger partial charge < -0.3 is 19.2 Å². The molecule has 2 atom stereocenters. The van der Waals surface area contributed by atoms with Crippen LogP contribution < -0.4 is 5.46 Å². The van der Waals surface area contributed by atoms with Crippen molar-refractivity contribution in [2.75, 3.05) is 13.2 Å². The van der Waals surface area contributed by atoms with E-state index in [9.17, 15) is 9.90 Å². The third-order valence-electron chi connectivity index (χ3n) is 5.46. The molecule has 0 unspecified atom stereocenters. The molecule has 0 radical (unpaired) electrons. The topological polar surface area (TPSA) is 68.2 Å². The highest BCUT2D eigenvalue weighted by atomic mass is 16.7. The Hall–Kier alpha value is -1.57. The van der Waals surface area contributed by atoms with Gasteiger partial charge in [-0.1, -0.05) is 24.3 Å². The second kappa shape index (κ2) is 6.30. The molecule has 2 aliphatic rings. The van der Waals surface area contributed by atoms with Crippen molar-refractivity contribution in [1.29, 1.82) is 0 Å². The summed E-state index contributed by atoms with van der Waals surface area (Å²) in [6, 6.07) is 7.45. The number of rotatable bonds is 2. The first-order valence-corrected chi connectivity index (χ1v) is 8.67. The Labute approximate surface area is 149 Å². The molecule has 2 heterocycles. The largest absolute Gasteiger partial charge is 0.494 e. The lowest BCUT2D eigenvalue weighted by Gasteiger charge is -2.37. The first kappa shape index (κ1) is 18.2. The van der Waals surface area contributed by atoms with Gasteiger partial charge in [0.1, 0.15) is 0 Å². The van der Waals surface area contributed by atoms with Gasteiger partial charge in [-0.05, 0) is 45.6 Å². The van der Waals surface area contributed by atoms with Crippen LogP contribution in [0.25, 0.3) is 0 Å². The number of hydrogen-bond donors (Lipinski definition) is 1. The molecule has 0 bridgehead atoms. The Kier molecular flexibility index (Phi) is 4.60. The molecule has 0 spiro atoms. The smallest absolute Gasteiger partial charge is 0.465 e. The second-order valence-corrected chi connectivity index (χ2v) is 7.85. The van der Waals surface area contributed by atoms with Crippen LogP contribution in [0, 0.1) is 0 Å². The zero-order valence-corrected chi connectivity index (χ0v) is 15.5. The van der Waals surface area contributed by atoms with E-state index in [-0.39, 0.29) is 23.3 Å². The molecular weight excluding hydrogens is 321 g/mol. The van der Waals surface area contributed by atoms with Gasteiger partial charge in [-0.3, -0.25) is 4.90 Å². The van der Waals surface area contributed by atoms with E-state index in [1.54, 1.807) is 0 Å². The molecule has 136 valence electrons. The first-order chi connectivity index (χ1) is 11.6. The number of amides is 1. The third-order valence-corrected chi connectivity index (χ3v) is 5.46. The van der Waals surface area contributed by atoms with Crippen LogP contribution in [0.5, 0.6) is 0 Å². The summed E-state index contributed by atoms with van der Waals surface area (Å²) in [5.74, 6) is 0. The number of morpholine rings is 1. The lowest BCUT2D eigenvalue weighted by Crippen LogP contribution is -2.46. The summed E-state index contributed by atoms with van der Waals surface area (Å²) in [4.78, 5) is 13.0. The Morgan fingerprint density at radius 2 is 1.72 bits per heavy atom. The minimum Gasteiger partial charge on any atom is -0.465 e. The van der Waals surface area contributed by atoms with Crippen LogP contribution in [0.4, 0.5) is 4.79 Å². The third kappa shape index (κ3) is 3.41. The molecule has 6 nitrogen and oxygen atoms in total. The van der Waals surface area contributed by atoms with Gasteiger partial charge in [-0.15, -0.1) is 0 Å². The van der Waals surface area contributed by atoms with Crippen molar-refractivity contribution in [2.24, 2.45) is 0 Å². The van der Waals surface area contributed by atoms with Crippen molar-refractivity contribution in [1.82, 2.24) is 4.90 Å². The minimum absolute atomic E-state index is 0.0867. The van der Waals surface area contributed by atoms with Crippen molar-refractivity contribution in [3.8, 4) is 0 Å². The number of benzene rings is 1. The summed E-state index contributed by atoms with van der Waals surface area (Å²) in [5, 5.41) is 9.46. The van der Waals surface area contributed by atoms with Crippen molar-refractivity contribution in [3.63, 3.8) is 0 Å². The SMILES string of the molecule is C[C@@H]1CN(C(=O)O)[C@H](c2ccc(B3OC(C)(C)C(C)(C)O3)cc2)CO1. The summed E-state index contributed by atoms with van der Waals surface area (Å²) in [6.45, 7) is 10.7. The summed E-state index contributed by atoms with van der Waals surface area (Å²) in [5.41, 5.74) is 1.07. The Bertz CT molecular complexity index is 629. The Morgan fingerprint density at radius 3 is 2.24 bits per heavy atom. The summed E-state index contributed by atoms with van der Waals surface area (Å²) < 4.78 is 17.8. The second-order valence-electron chi connectivity index (χ2n) is 7.85. The summed E-state index contributed by atoms with van der Waals surface area (Å²) in [6.07, 6.45) is -1.01. The number of nitrogens with zero attached hydrogens (tertiary/aromatic N) is 1. The molecule has 2 aliphatic heterocycles. The number of hydrogen-bond acceptors (Lipinski definition) is 4. The molecule has 2 saturated heterocycles. The molecule has 2 fully saturated rings. The molecule has 1 aromatic rings. The average molecular weight is 347 g/mol. The van der Waals surface area contributed by atoms with E-state index in [1.165, 1.54) is 4.90 Å². The lowest BCUT2D eigenvalue weighted by atomic mass is 9.78. The highest BCUT2D eigenvalue weighted by molar-refractivity contribution is 6.62. The number of ether oxygens (including phenoxy) is 1. The van der Waals surface area contributed by atoms with Crippen LogP contribution in [0.3, 0.4) is 0 Å². The first-order valence-electron chi connectivity index (χ1n) is 8.67. The fraction of sp³-hybridized carbons (Fsp3) is 0.611. The van der Waals surface area contributed by atoms with E-state index in [0.717, 1.165) is 11.0 Å². The highest BCUT2D eigenvalue weighted by Gasteiger charge is 2.51. The molecule has 0 aromatic heterocycles. The predicted octanol–water partition coefficient (Wildman–Crippen LogP) is 2.43. The quantitative estimate of drug-likeness (QED) is 0.833. The minimum atomic E-state index is -0.921. The Morgan fingerprint density at radius 1 is 1.16 bits per heavy atom. The standard InChI is InChI=1S/C18H26BNO5/c1-12-10-20(16(21)22)15(11-23-12)13-6-8-14(9-7-13)19-24-17(2,3)18(4,5)25-19/h6-9,12,15H,10-11H2,1-5H3,(H,21,22)/t12-,15+/m1/s1. The molecule has 0 saturated carbocycles. The van der Waals surface area contributed by atoms with Crippen LogP contribution >= 0.6 is 0 Å². The number of carboxylic acid groups (broad SMARTS) is 1. The van der Waals surface area contributed by atoms with Crippen LogP contribution in [0.1, 0.15) is 46.2 Å². The molecular formula is C18H26BNO5. The van der Waals surface area contributed by atoms with E-state index in [4.69, 9.17) is 14.0 Å². The molecule has 3 rings (SSSR count). The molecule has 25 heavy (non-hydrogen) atoms. The number of carbonyl (C=O) groups is 1. The van der Waals surface area contributed by atoms with Crippen LogP contribution in [0.15, 0.2) is 24.3 Å². The maximum Gasteiger partial charge on any atom is 0.494 e. The highest BCUT2D eigenvalue weighted by Crippen LogP contribution is 2.36. The van der Waals surface area contributed by atoms with Gasteiger partial charge >= 0.3 is 13.2 Å². The molecule has 1 amide bonds. The average Bonchev–Trinajstić information content (AvgIpc) is 2.75. The zero-order chi connectivity index (χ0) is 18.4. The molecule has 7 heteroatoms. The van der Waals surface area contributed by atoms with Crippen LogP contribution in [-0.2, 0) is 14.0 Å². The van der Waals surface area contributed by atoms with Gasteiger partial charge in [-0.2, -0.15) is 0 Å². The van der Waals surface area contributed by atoms with E-state index in [2.05, 4.69) is 0 Å². The van der Waals surface area contributed by atoms with Gasteiger partial charge in [0.25, 0.3) is 0 Å². The van der Waals surface area contributed by atoms with E-state index in [1.807, 2.05) is 58.9 Å². The van der Waals surface area contributed by atoms with E-state index in [0.29, 0.717) is 13.2 Å². The molecule has 0 aliphatic carbocycles. The van der Waals surface area contributed by atoms with E-state index >= 15 is 0 Å². The molecule has 1 N–H and O–H groups in total. The predicted molar refractivity (Wildman–Crippen MR) is 95.0 cm³/mol. The van der Waals surface area contributed by atoms with Gasteiger partial charge in [0.15, 0.2) is 0 Å². The fourth-order valence-electron chi connectivity index (χ4n) is 3.14. The van der Waals surface area contributed by atoms with Gasteiger partial charge in [0.2, 0.25) is 0 Å². The Balaban J connectivity index is 1.78. The van der Waals surface area contributed by atoms with Crippen molar-refractivity contribution in [3.05, 3.63) is 29.8 Å². The van der Waals surface area contributed by atoms with Crippen LogP contribution in [-0.4, -0.2) is 53.7 Å². The molecule has 1 aromatic carbocycles. The monoisotopic (exact) mass is 347 g/mol. The van der Waals surface area contributed by atoms with Crippen molar-refractivity contribution < 1.29 is 23.9 Å². The lowest BCUT2D eigenvalue weighted by molar-refractivity contribution is -0.0465. The fourth-order valence-corrected chi connectivity index (χ4v) is 3.14. The van der Waals surface area contributed by atoms with Crippen molar-refractivity contribution >= 4 is 18.7 Å².